The van der Waals surface area contributed by atoms with Crippen LogP contribution < -0.4 is 11.1 Å². The first-order chi connectivity index (χ1) is 16.1. The van der Waals surface area contributed by atoms with Gasteiger partial charge in [0, 0.05) is 12.1 Å². The van der Waals surface area contributed by atoms with Gasteiger partial charge in [0.15, 0.2) is 11.0 Å². The second kappa shape index (κ2) is 10.8. The minimum atomic E-state index is -0.671. The number of anilines is 1. The highest BCUT2D eigenvalue weighted by molar-refractivity contribution is 7.99. The van der Waals surface area contributed by atoms with Crippen LogP contribution in [0.4, 0.5) is 5.00 Å². The summed E-state index contributed by atoms with van der Waals surface area (Å²) < 4.78 is 7.22. The van der Waals surface area contributed by atoms with Crippen molar-refractivity contribution < 1.29 is 19.1 Å². The van der Waals surface area contributed by atoms with Gasteiger partial charge in [0.2, 0.25) is 5.91 Å². The van der Waals surface area contributed by atoms with Gasteiger partial charge in [0.25, 0.3) is 5.91 Å². The molecular formula is C23H27N5O4S2. The Kier molecular flexibility index (Phi) is 8.11. The van der Waals surface area contributed by atoms with Crippen molar-refractivity contribution in [2.75, 3.05) is 11.1 Å². The van der Waals surface area contributed by atoms with Crippen LogP contribution in [0.25, 0.3) is 11.4 Å². The van der Waals surface area contributed by atoms with E-state index in [-0.39, 0.29) is 33.2 Å². The van der Waals surface area contributed by atoms with Gasteiger partial charge in [-0.05, 0) is 40.2 Å². The van der Waals surface area contributed by atoms with Crippen molar-refractivity contribution in [1.29, 1.82) is 0 Å². The normalized spacial score (nSPS) is 11.0. The lowest BCUT2D eigenvalue weighted by molar-refractivity contribution is -0.113. The fourth-order valence-electron chi connectivity index (χ4n) is 3.24. The van der Waals surface area contributed by atoms with E-state index in [0.717, 1.165) is 28.3 Å². The quantitative estimate of drug-likeness (QED) is 0.334. The molecule has 2 aromatic heterocycles. The molecule has 3 N–H and O–H groups in total. The minimum absolute atomic E-state index is 0.0353. The molecule has 3 rings (SSSR count). The maximum atomic E-state index is 12.7. The van der Waals surface area contributed by atoms with E-state index in [4.69, 9.17) is 10.5 Å². The zero-order valence-corrected chi connectivity index (χ0v) is 21.3. The average molecular weight is 502 g/mol. The zero-order valence-electron chi connectivity index (χ0n) is 19.7. The summed E-state index contributed by atoms with van der Waals surface area (Å²) in [6.45, 7) is 9.68. The Morgan fingerprint density at radius 2 is 1.85 bits per heavy atom. The number of thioether (sulfide) groups is 1. The number of nitrogens with two attached hydrogens (primary N) is 1. The van der Waals surface area contributed by atoms with Crippen LogP contribution in [0, 0.1) is 13.8 Å². The molecule has 0 atom stereocenters. The Bertz CT molecular complexity index is 1210. The number of carbonyl (C=O) groups is 3. The third kappa shape index (κ3) is 5.65. The maximum Gasteiger partial charge on any atom is 0.341 e. The predicted molar refractivity (Wildman–Crippen MR) is 133 cm³/mol. The lowest BCUT2D eigenvalue weighted by atomic mass is 10.1. The molecule has 9 nitrogen and oxygen atoms in total. The fourth-order valence-corrected chi connectivity index (χ4v) is 5.11. The number of rotatable bonds is 9. The number of hydrogen-bond donors (Lipinski definition) is 2. The van der Waals surface area contributed by atoms with E-state index in [1.54, 1.807) is 20.8 Å². The Morgan fingerprint density at radius 1 is 1.18 bits per heavy atom. The first kappa shape index (κ1) is 25.4. The minimum Gasteiger partial charge on any atom is -0.459 e. The molecule has 0 spiro atoms. The number of hydrogen-bond acceptors (Lipinski definition) is 8. The van der Waals surface area contributed by atoms with Gasteiger partial charge in [-0.1, -0.05) is 41.6 Å². The second-order valence-electron chi connectivity index (χ2n) is 7.83. The van der Waals surface area contributed by atoms with Crippen LogP contribution in [0.15, 0.2) is 29.4 Å². The van der Waals surface area contributed by atoms with E-state index in [1.807, 2.05) is 42.7 Å². The van der Waals surface area contributed by atoms with Crippen molar-refractivity contribution in [3.8, 4) is 11.4 Å². The molecule has 34 heavy (non-hydrogen) atoms. The van der Waals surface area contributed by atoms with E-state index in [2.05, 4.69) is 15.5 Å². The van der Waals surface area contributed by atoms with Crippen LogP contribution in [-0.2, 0) is 16.1 Å². The molecule has 0 bridgehead atoms. The summed E-state index contributed by atoms with van der Waals surface area (Å²) in [5.74, 6) is -0.885. The molecule has 11 heteroatoms. The number of carbonyl (C=O) groups excluding carboxylic acids is 3. The van der Waals surface area contributed by atoms with Crippen LogP contribution >= 0.6 is 23.1 Å². The van der Waals surface area contributed by atoms with Gasteiger partial charge in [0.1, 0.15) is 5.00 Å². The van der Waals surface area contributed by atoms with Crippen molar-refractivity contribution in [3.63, 3.8) is 0 Å². The highest BCUT2D eigenvalue weighted by Gasteiger charge is 2.26. The monoisotopic (exact) mass is 501 g/mol. The summed E-state index contributed by atoms with van der Waals surface area (Å²) in [4.78, 5) is 37.3. The molecule has 180 valence electrons. The summed E-state index contributed by atoms with van der Waals surface area (Å²) in [6, 6.07) is 7.99. The van der Waals surface area contributed by atoms with Crippen LogP contribution in [0.5, 0.6) is 0 Å². The number of amides is 2. The molecule has 2 amide bonds. The number of esters is 1. The summed E-state index contributed by atoms with van der Waals surface area (Å²) >= 11 is 2.19. The SMILES string of the molecule is CCn1c(SCC(=O)Nc2sc(C(N)=O)c(C)c2C(=O)OC(C)C)nnc1-c1ccc(C)cc1. The predicted octanol–water partition coefficient (Wildman–Crippen LogP) is 4.04. The summed E-state index contributed by atoms with van der Waals surface area (Å²) in [5, 5.41) is 12.1. The number of aryl methyl sites for hydroxylation is 1. The summed E-state index contributed by atoms with van der Waals surface area (Å²) in [5.41, 5.74) is 8.06. The van der Waals surface area contributed by atoms with Crippen molar-refractivity contribution in [2.45, 2.75) is 52.4 Å². The number of ether oxygens (including phenoxy) is 1. The van der Waals surface area contributed by atoms with Crippen LogP contribution in [0.1, 0.15) is 51.9 Å². The number of benzene rings is 1. The molecule has 3 aromatic rings. The second-order valence-corrected chi connectivity index (χ2v) is 9.80. The first-order valence-electron chi connectivity index (χ1n) is 10.7. The number of nitrogens with zero attached hydrogens (tertiary/aromatic N) is 3. The number of aromatic nitrogens is 3. The fraction of sp³-hybridized carbons (Fsp3) is 0.348. The molecule has 0 aliphatic heterocycles. The van der Waals surface area contributed by atoms with Crippen molar-refractivity contribution in [2.24, 2.45) is 5.73 Å². The lowest BCUT2D eigenvalue weighted by Gasteiger charge is -2.10. The lowest BCUT2D eigenvalue weighted by Crippen LogP contribution is -2.18. The summed E-state index contributed by atoms with van der Waals surface area (Å²) in [7, 11) is 0. The van der Waals surface area contributed by atoms with E-state index < -0.39 is 11.9 Å². The third-order valence-electron chi connectivity index (χ3n) is 4.85. The van der Waals surface area contributed by atoms with Gasteiger partial charge in [-0.2, -0.15) is 0 Å². The highest BCUT2D eigenvalue weighted by atomic mass is 32.2. The standard InChI is InChI=1S/C23H27N5O4S2/c1-6-28-20(15-9-7-13(4)8-10-15)26-27-23(28)33-11-16(29)25-21-17(22(31)32-12(2)3)14(5)18(34-21)19(24)30/h7-10,12H,6,11H2,1-5H3,(H2,24,30)(H,25,29). The molecule has 0 saturated carbocycles. The van der Waals surface area contributed by atoms with E-state index in [9.17, 15) is 14.4 Å². The first-order valence-corrected chi connectivity index (χ1v) is 12.5. The van der Waals surface area contributed by atoms with Gasteiger partial charge >= 0.3 is 5.97 Å². The third-order valence-corrected chi connectivity index (χ3v) is 7.03. The molecule has 2 heterocycles. The maximum absolute atomic E-state index is 12.7. The molecule has 0 fully saturated rings. The molecule has 0 aliphatic rings. The van der Waals surface area contributed by atoms with Gasteiger partial charge in [0.05, 0.1) is 22.3 Å². The number of primary amides is 1. The average Bonchev–Trinajstić information content (AvgIpc) is 3.32. The zero-order chi connectivity index (χ0) is 25.0. The Labute approximate surface area is 206 Å². The van der Waals surface area contributed by atoms with E-state index in [1.165, 1.54) is 11.8 Å². The van der Waals surface area contributed by atoms with E-state index in [0.29, 0.717) is 17.3 Å². The van der Waals surface area contributed by atoms with Crippen molar-refractivity contribution in [1.82, 2.24) is 14.8 Å². The van der Waals surface area contributed by atoms with Crippen molar-refractivity contribution in [3.05, 3.63) is 45.8 Å². The largest absolute Gasteiger partial charge is 0.459 e. The molecule has 1 aromatic carbocycles. The van der Waals surface area contributed by atoms with Gasteiger partial charge in [-0.15, -0.1) is 21.5 Å². The number of nitrogens with one attached hydrogen (secondary N) is 1. The smallest absolute Gasteiger partial charge is 0.341 e. The van der Waals surface area contributed by atoms with Gasteiger partial charge < -0.3 is 20.4 Å². The van der Waals surface area contributed by atoms with Crippen LogP contribution in [-0.4, -0.2) is 44.4 Å². The van der Waals surface area contributed by atoms with Gasteiger partial charge in [-0.3, -0.25) is 9.59 Å². The Balaban J connectivity index is 1.77. The Morgan fingerprint density at radius 3 is 2.44 bits per heavy atom. The van der Waals surface area contributed by atoms with Crippen LogP contribution in [0.2, 0.25) is 0 Å². The summed E-state index contributed by atoms with van der Waals surface area (Å²) in [6.07, 6.45) is -0.355. The molecule has 0 aliphatic carbocycles. The number of thiophene rings is 1. The van der Waals surface area contributed by atoms with Crippen molar-refractivity contribution >= 4 is 45.9 Å². The van der Waals surface area contributed by atoms with Gasteiger partial charge in [-0.25, -0.2) is 4.79 Å². The highest BCUT2D eigenvalue weighted by Crippen LogP contribution is 2.34. The Hall–Kier alpha value is -3.18. The molecule has 0 radical (unpaired) electrons. The molecule has 0 unspecified atom stereocenters. The van der Waals surface area contributed by atoms with Crippen LogP contribution in [0.3, 0.4) is 0 Å². The molecular weight excluding hydrogens is 474 g/mol. The van der Waals surface area contributed by atoms with E-state index >= 15 is 0 Å². The molecule has 0 saturated heterocycles. The topological polar surface area (TPSA) is 129 Å².